The molecule has 0 radical (unpaired) electrons. The van der Waals surface area contributed by atoms with Crippen molar-refractivity contribution in [3.63, 3.8) is 0 Å². The topological polar surface area (TPSA) is 60.8 Å². The highest BCUT2D eigenvalue weighted by molar-refractivity contribution is 7.89. The normalized spacial score (nSPS) is 15.2. The van der Waals surface area contributed by atoms with Crippen LogP contribution < -0.4 is 9.47 Å². The fraction of sp³-hybridized carbons (Fsp3) is 0.310. The van der Waals surface area contributed by atoms with Gasteiger partial charge in [-0.25, -0.2) is 8.42 Å². The number of benzene rings is 3. The van der Waals surface area contributed by atoms with Crippen LogP contribution in [-0.2, 0) is 16.6 Å². The summed E-state index contributed by atoms with van der Waals surface area (Å²) in [4.78, 5) is 0.142. The van der Waals surface area contributed by atoms with E-state index in [0.29, 0.717) is 24.6 Å². The first-order valence-corrected chi connectivity index (χ1v) is 14.2. The standard InChI is InChI=1S/C29H31ClN2O4S/c1-20-29(25-6-4-5-7-26(25)32(20)19-21-8-10-23(30)11-9-21)22-14-16-31(17-15-22)37(33,34)28-18-24(35-2)12-13-27(28)36-3/h4-13,18,22H,14-17,19H2,1-3H3. The van der Waals surface area contributed by atoms with Crippen molar-refractivity contribution in [1.29, 1.82) is 0 Å². The molecule has 1 fully saturated rings. The summed E-state index contributed by atoms with van der Waals surface area (Å²) in [6, 6.07) is 21.3. The van der Waals surface area contributed by atoms with Gasteiger partial charge < -0.3 is 14.0 Å². The second kappa shape index (κ2) is 10.4. The highest BCUT2D eigenvalue weighted by atomic mass is 35.5. The number of piperidine rings is 1. The number of aromatic nitrogens is 1. The van der Waals surface area contributed by atoms with E-state index in [1.54, 1.807) is 16.4 Å². The second-order valence-electron chi connectivity index (χ2n) is 9.42. The van der Waals surface area contributed by atoms with E-state index in [2.05, 4.69) is 47.9 Å². The van der Waals surface area contributed by atoms with Crippen molar-refractivity contribution < 1.29 is 17.9 Å². The Morgan fingerprint density at radius 2 is 1.65 bits per heavy atom. The molecule has 0 spiro atoms. The van der Waals surface area contributed by atoms with Crippen LogP contribution in [-0.4, -0.2) is 44.6 Å². The predicted molar refractivity (Wildman–Crippen MR) is 148 cm³/mol. The molecule has 1 saturated heterocycles. The minimum absolute atomic E-state index is 0.142. The number of hydrogen-bond acceptors (Lipinski definition) is 4. The first kappa shape index (κ1) is 25.6. The molecule has 4 aromatic rings. The molecule has 1 aromatic heterocycles. The molecule has 6 nitrogen and oxygen atoms in total. The lowest BCUT2D eigenvalue weighted by Crippen LogP contribution is -2.38. The Bertz CT molecular complexity index is 1520. The molecule has 2 heterocycles. The minimum Gasteiger partial charge on any atom is -0.497 e. The van der Waals surface area contributed by atoms with E-state index in [0.717, 1.165) is 24.4 Å². The number of rotatable bonds is 7. The van der Waals surface area contributed by atoms with Crippen LogP contribution in [0.2, 0.25) is 5.02 Å². The lowest BCUT2D eigenvalue weighted by molar-refractivity contribution is 0.317. The zero-order chi connectivity index (χ0) is 26.2. The molecular formula is C29H31ClN2O4S. The number of fused-ring (bicyclic) bond motifs is 1. The second-order valence-corrected chi connectivity index (χ2v) is 11.8. The Hall–Kier alpha value is -3.00. The van der Waals surface area contributed by atoms with Crippen LogP contribution in [0.3, 0.4) is 0 Å². The Morgan fingerprint density at radius 1 is 0.946 bits per heavy atom. The van der Waals surface area contributed by atoms with Crippen LogP contribution in [0.4, 0.5) is 0 Å². The quantitative estimate of drug-likeness (QED) is 0.279. The fourth-order valence-corrected chi connectivity index (χ4v) is 7.23. The molecule has 37 heavy (non-hydrogen) atoms. The molecule has 194 valence electrons. The zero-order valence-corrected chi connectivity index (χ0v) is 22.8. The first-order chi connectivity index (χ1) is 17.8. The maximum absolute atomic E-state index is 13.6. The van der Waals surface area contributed by atoms with Crippen molar-refractivity contribution in [3.8, 4) is 11.5 Å². The first-order valence-electron chi connectivity index (χ1n) is 12.4. The van der Waals surface area contributed by atoms with Crippen LogP contribution in [0.1, 0.15) is 35.6 Å². The van der Waals surface area contributed by atoms with E-state index in [4.69, 9.17) is 21.1 Å². The maximum atomic E-state index is 13.6. The summed E-state index contributed by atoms with van der Waals surface area (Å²) < 4.78 is 41.7. The zero-order valence-electron chi connectivity index (χ0n) is 21.3. The number of methoxy groups -OCH3 is 2. The minimum atomic E-state index is -3.72. The van der Waals surface area contributed by atoms with Crippen LogP contribution in [0.25, 0.3) is 10.9 Å². The van der Waals surface area contributed by atoms with Crippen molar-refractivity contribution in [2.75, 3.05) is 27.3 Å². The number of sulfonamides is 1. The molecule has 0 amide bonds. The Balaban J connectivity index is 1.42. The molecule has 5 rings (SSSR count). The van der Waals surface area contributed by atoms with Gasteiger partial charge in [-0.2, -0.15) is 4.31 Å². The summed E-state index contributed by atoms with van der Waals surface area (Å²) in [7, 11) is -0.717. The molecule has 1 aliphatic rings. The monoisotopic (exact) mass is 538 g/mol. The van der Waals surface area contributed by atoms with Gasteiger partial charge in [0.15, 0.2) is 0 Å². The smallest absolute Gasteiger partial charge is 0.246 e. The lowest BCUT2D eigenvalue weighted by atomic mass is 9.88. The van der Waals surface area contributed by atoms with E-state index >= 15 is 0 Å². The highest BCUT2D eigenvalue weighted by Gasteiger charge is 2.34. The molecule has 0 saturated carbocycles. The van der Waals surface area contributed by atoms with E-state index in [9.17, 15) is 8.42 Å². The third-order valence-corrected chi connectivity index (χ3v) is 9.56. The number of para-hydroxylation sites is 1. The van der Waals surface area contributed by atoms with Gasteiger partial charge in [-0.05, 0) is 67.1 Å². The number of hydrogen-bond donors (Lipinski definition) is 0. The van der Waals surface area contributed by atoms with Crippen molar-refractivity contribution in [2.45, 2.75) is 37.1 Å². The van der Waals surface area contributed by atoms with Gasteiger partial charge in [0.05, 0.1) is 14.2 Å². The average molecular weight is 539 g/mol. The number of nitrogens with zero attached hydrogens (tertiary/aromatic N) is 2. The van der Waals surface area contributed by atoms with Crippen LogP contribution in [0.5, 0.6) is 11.5 Å². The van der Waals surface area contributed by atoms with Gasteiger partial charge >= 0.3 is 0 Å². The van der Waals surface area contributed by atoms with E-state index < -0.39 is 10.0 Å². The van der Waals surface area contributed by atoms with Gasteiger partial charge in [0.1, 0.15) is 16.4 Å². The van der Waals surface area contributed by atoms with Gasteiger partial charge in [-0.3, -0.25) is 0 Å². The Labute approximate surface area is 223 Å². The molecule has 0 atom stereocenters. The van der Waals surface area contributed by atoms with Crippen molar-refractivity contribution in [3.05, 3.63) is 88.6 Å². The SMILES string of the molecule is COc1ccc(OC)c(S(=O)(=O)N2CCC(c3c(C)n(Cc4ccc(Cl)cc4)c4ccccc34)CC2)c1. The molecule has 0 unspecified atom stereocenters. The summed E-state index contributed by atoms with van der Waals surface area (Å²) in [5, 5.41) is 1.97. The van der Waals surface area contributed by atoms with Crippen molar-refractivity contribution in [1.82, 2.24) is 8.87 Å². The summed E-state index contributed by atoms with van der Waals surface area (Å²) in [5.74, 6) is 1.08. The van der Waals surface area contributed by atoms with Crippen molar-refractivity contribution in [2.24, 2.45) is 0 Å². The van der Waals surface area contributed by atoms with E-state index in [-0.39, 0.29) is 10.8 Å². The van der Waals surface area contributed by atoms with Gasteiger partial charge in [0.25, 0.3) is 0 Å². The molecule has 8 heteroatoms. The molecular weight excluding hydrogens is 508 g/mol. The highest BCUT2D eigenvalue weighted by Crippen LogP contribution is 2.40. The summed E-state index contributed by atoms with van der Waals surface area (Å²) >= 11 is 6.09. The third kappa shape index (κ3) is 4.83. The largest absolute Gasteiger partial charge is 0.497 e. The maximum Gasteiger partial charge on any atom is 0.246 e. The molecule has 1 aliphatic heterocycles. The van der Waals surface area contributed by atoms with Gasteiger partial charge in [0.2, 0.25) is 10.0 Å². The Kier molecular flexibility index (Phi) is 7.21. The average Bonchev–Trinajstić information content (AvgIpc) is 3.20. The molecule has 0 aliphatic carbocycles. The van der Waals surface area contributed by atoms with Crippen molar-refractivity contribution >= 4 is 32.5 Å². The van der Waals surface area contributed by atoms with Gasteiger partial charge in [-0.1, -0.05) is 41.9 Å². The van der Waals surface area contributed by atoms with E-state index in [1.165, 1.54) is 48.0 Å². The number of halogens is 1. The summed E-state index contributed by atoms with van der Waals surface area (Å²) in [6.45, 7) is 3.83. The molecule has 0 N–H and O–H groups in total. The third-order valence-electron chi connectivity index (χ3n) is 7.38. The number of ether oxygens (including phenoxy) is 2. The van der Waals surface area contributed by atoms with E-state index in [1.807, 2.05) is 12.1 Å². The van der Waals surface area contributed by atoms with Crippen LogP contribution in [0.15, 0.2) is 71.6 Å². The Morgan fingerprint density at radius 3 is 2.32 bits per heavy atom. The van der Waals surface area contributed by atoms with Gasteiger partial charge in [0, 0.05) is 47.3 Å². The molecule has 0 bridgehead atoms. The summed E-state index contributed by atoms with van der Waals surface area (Å²) in [6.07, 6.45) is 1.50. The fourth-order valence-electron chi connectivity index (χ4n) is 5.46. The van der Waals surface area contributed by atoms with Gasteiger partial charge in [-0.15, -0.1) is 0 Å². The predicted octanol–water partition coefficient (Wildman–Crippen LogP) is 6.24. The summed E-state index contributed by atoms with van der Waals surface area (Å²) in [5.41, 5.74) is 4.93. The molecule has 3 aromatic carbocycles. The van der Waals surface area contributed by atoms with Crippen LogP contribution in [0, 0.1) is 6.92 Å². The lowest BCUT2D eigenvalue weighted by Gasteiger charge is -2.32. The van der Waals surface area contributed by atoms with Crippen LogP contribution >= 0.6 is 11.6 Å².